The molecule has 122 valence electrons. The molecule has 0 bridgehead atoms. The molecule has 0 fully saturated rings. The smallest absolute Gasteiger partial charge is 0.248 e. The molecule has 1 N–H and O–H groups in total. The molecule has 0 saturated heterocycles. The highest BCUT2D eigenvalue weighted by atomic mass is 19.1. The molecular formula is C17H16FN5O. The Bertz CT molecular complexity index is 863. The third-order valence-electron chi connectivity index (χ3n) is 3.31. The van der Waals surface area contributed by atoms with Crippen molar-refractivity contribution in [1.29, 1.82) is 0 Å². The summed E-state index contributed by atoms with van der Waals surface area (Å²) in [5.41, 5.74) is 2.37. The Balaban J connectivity index is 1.58. The summed E-state index contributed by atoms with van der Waals surface area (Å²) in [6.45, 7) is 0.502. The van der Waals surface area contributed by atoms with Crippen molar-refractivity contribution in [2.75, 3.05) is 5.32 Å². The number of amides is 1. The summed E-state index contributed by atoms with van der Waals surface area (Å²) < 4.78 is 16.2. The molecule has 6 nitrogen and oxygen atoms in total. The van der Waals surface area contributed by atoms with E-state index in [0.717, 1.165) is 11.1 Å². The van der Waals surface area contributed by atoms with Crippen LogP contribution in [0.25, 0.3) is 6.08 Å². The molecule has 0 spiro atoms. The Morgan fingerprint density at radius 3 is 2.71 bits per heavy atom. The van der Waals surface area contributed by atoms with Gasteiger partial charge in [-0.05, 0) is 23.8 Å². The molecule has 1 amide bonds. The van der Waals surface area contributed by atoms with Crippen LogP contribution in [-0.2, 0) is 18.4 Å². The van der Waals surface area contributed by atoms with Gasteiger partial charge in [-0.25, -0.2) is 4.39 Å². The lowest BCUT2D eigenvalue weighted by Gasteiger charge is -2.01. The number of carbonyl (C=O) groups is 1. The first-order valence-electron chi connectivity index (χ1n) is 7.33. The third kappa shape index (κ3) is 4.16. The number of nitrogens with zero attached hydrogens (tertiary/aromatic N) is 4. The first-order chi connectivity index (χ1) is 11.6. The maximum Gasteiger partial charge on any atom is 0.248 e. The Morgan fingerprint density at radius 2 is 2.00 bits per heavy atom. The number of anilines is 1. The normalized spacial score (nSPS) is 11.1. The molecule has 1 aromatic carbocycles. The van der Waals surface area contributed by atoms with Crippen LogP contribution in [0.5, 0.6) is 0 Å². The van der Waals surface area contributed by atoms with E-state index < -0.39 is 0 Å². The van der Waals surface area contributed by atoms with Crippen molar-refractivity contribution in [2.24, 2.45) is 7.05 Å². The lowest BCUT2D eigenvalue weighted by molar-refractivity contribution is -0.111. The largest absolute Gasteiger partial charge is 0.320 e. The maximum absolute atomic E-state index is 12.9. The van der Waals surface area contributed by atoms with Gasteiger partial charge in [0.15, 0.2) is 0 Å². The number of benzene rings is 1. The van der Waals surface area contributed by atoms with Gasteiger partial charge >= 0.3 is 0 Å². The number of aromatic nitrogens is 4. The van der Waals surface area contributed by atoms with Crippen molar-refractivity contribution in [3.63, 3.8) is 0 Å². The second-order valence-electron chi connectivity index (χ2n) is 5.32. The minimum Gasteiger partial charge on any atom is -0.320 e. The van der Waals surface area contributed by atoms with Crippen molar-refractivity contribution in [2.45, 2.75) is 6.54 Å². The zero-order chi connectivity index (χ0) is 16.9. The average Bonchev–Trinajstić information content (AvgIpc) is 3.17. The minimum absolute atomic E-state index is 0.250. The number of nitrogens with one attached hydrogen (secondary N) is 1. The summed E-state index contributed by atoms with van der Waals surface area (Å²) in [6.07, 6.45) is 9.90. The van der Waals surface area contributed by atoms with Gasteiger partial charge < -0.3 is 5.32 Å². The van der Waals surface area contributed by atoms with Gasteiger partial charge in [0.2, 0.25) is 5.91 Å². The second kappa shape index (κ2) is 6.91. The molecule has 7 heteroatoms. The van der Waals surface area contributed by atoms with Gasteiger partial charge in [0.05, 0.1) is 24.6 Å². The predicted molar refractivity (Wildman–Crippen MR) is 88.6 cm³/mol. The van der Waals surface area contributed by atoms with E-state index in [9.17, 15) is 9.18 Å². The third-order valence-corrected chi connectivity index (χ3v) is 3.31. The summed E-state index contributed by atoms with van der Waals surface area (Å²) >= 11 is 0. The van der Waals surface area contributed by atoms with Crippen LogP contribution in [-0.4, -0.2) is 25.5 Å². The summed E-state index contributed by atoms with van der Waals surface area (Å²) in [5, 5.41) is 10.9. The van der Waals surface area contributed by atoms with E-state index in [0.29, 0.717) is 12.2 Å². The Morgan fingerprint density at radius 1 is 1.21 bits per heavy atom. The highest BCUT2D eigenvalue weighted by Crippen LogP contribution is 2.09. The number of rotatable bonds is 5. The van der Waals surface area contributed by atoms with E-state index in [4.69, 9.17) is 0 Å². The van der Waals surface area contributed by atoms with E-state index in [1.165, 1.54) is 18.2 Å². The number of aryl methyl sites for hydroxylation is 1. The van der Waals surface area contributed by atoms with Crippen molar-refractivity contribution in [1.82, 2.24) is 19.6 Å². The Kier molecular flexibility index (Phi) is 4.51. The molecule has 0 saturated carbocycles. The molecule has 0 aliphatic rings. The van der Waals surface area contributed by atoms with E-state index in [1.807, 2.05) is 13.2 Å². The monoisotopic (exact) mass is 325 g/mol. The number of halogens is 1. The molecule has 2 aromatic heterocycles. The minimum atomic E-state index is -0.271. The van der Waals surface area contributed by atoms with Gasteiger partial charge in [-0.1, -0.05) is 12.1 Å². The lowest BCUT2D eigenvalue weighted by atomic mass is 10.2. The molecule has 0 aliphatic carbocycles. The first kappa shape index (κ1) is 15.7. The quantitative estimate of drug-likeness (QED) is 0.733. The zero-order valence-corrected chi connectivity index (χ0v) is 13.1. The summed E-state index contributed by atoms with van der Waals surface area (Å²) in [6, 6.07) is 6.22. The topological polar surface area (TPSA) is 64.7 Å². The van der Waals surface area contributed by atoms with E-state index >= 15 is 0 Å². The van der Waals surface area contributed by atoms with Gasteiger partial charge in [-0.3, -0.25) is 14.2 Å². The van der Waals surface area contributed by atoms with Crippen LogP contribution in [0.15, 0.2) is 55.1 Å². The van der Waals surface area contributed by atoms with Crippen molar-refractivity contribution >= 4 is 17.7 Å². The summed E-state index contributed by atoms with van der Waals surface area (Å²) in [7, 11) is 1.81. The van der Waals surface area contributed by atoms with E-state index in [-0.39, 0.29) is 11.7 Å². The van der Waals surface area contributed by atoms with Crippen LogP contribution in [0, 0.1) is 5.82 Å². The fourth-order valence-electron chi connectivity index (χ4n) is 2.17. The van der Waals surface area contributed by atoms with Crippen LogP contribution < -0.4 is 5.32 Å². The fourth-order valence-corrected chi connectivity index (χ4v) is 2.17. The molecule has 24 heavy (non-hydrogen) atoms. The van der Waals surface area contributed by atoms with Gasteiger partial charge in [-0.2, -0.15) is 10.2 Å². The summed E-state index contributed by atoms with van der Waals surface area (Å²) in [4.78, 5) is 11.9. The van der Waals surface area contributed by atoms with Crippen molar-refractivity contribution in [3.05, 3.63) is 72.1 Å². The molecule has 0 radical (unpaired) electrons. The highest BCUT2D eigenvalue weighted by Gasteiger charge is 2.03. The number of carbonyl (C=O) groups excluding carboxylic acids is 1. The first-order valence-corrected chi connectivity index (χ1v) is 7.33. The molecule has 3 rings (SSSR count). The summed E-state index contributed by atoms with van der Waals surface area (Å²) in [5.74, 6) is -0.521. The van der Waals surface area contributed by atoms with Gasteiger partial charge in [-0.15, -0.1) is 0 Å². The van der Waals surface area contributed by atoms with Gasteiger partial charge in [0.1, 0.15) is 5.82 Å². The van der Waals surface area contributed by atoms with Crippen molar-refractivity contribution < 1.29 is 9.18 Å². The second-order valence-corrected chi connectivity index (χ2v) is 5.32. The molecule has 0 atom stereocenters. The SMILES string of the molecule is Cn1cc(/C=C/C(=O)Nc2cnn(Cc3ccc(F)cc3)c2)cn1. The number of hydrogen-bond acceptors (Lipinski definition) is 3. The van der Waals surface area contributed by atoms with Crippen molar-refractivity contribution in [3.8, 4) is 0 Å². The van der Waals surface area contributed by atoms with Crippen LogP contribution in [0.2, 0.25) is 0 Å². The molecule has 2 heterocycles. The molecule has 3 aromatic rings. The van der Waals surface area contributed by atoms with Crippen LogP contribution >= 0.6 is 0 Å². The van der Waals surface area contributed by atoms with Crippen LogP contribution in [0.3, 0.4) is 0 Å². The van der Waals surface area contributed by atoms with Gasteiger partial charge in [0.25, 0.3) is 0 Å². The fraction of sp³-hybridized carbons (Fsp3) is 0.118. The molecule has 0 aliphatic heterocycles. The highest BCUT2D eigenvalue weighted by molar-refractivity contribution is 6.01. The van der Waals surface area contributed by atoms with Crippen LogP contribution in [0.1, 0.15) is 11.1 Å². The lowest BCUT2D eigenvalue weighted by Crippen LogP contribution is -2.07. The van der Waals surface area contributed by atoms with E-state index in [1.54, 1.807) is 46.2 Å². The van der Waals surface area contributed by atoms with E-state index in [2.05, 4.69) is 15.5 Å². The van der Waals surface area contributed by atoms with Gasteiger partial charge in [0, 0.05) is 31.1 Å². The number of hydrogen-bond donors (Lipinski definition) is 1. The standard InChI is InChI=1S/C17H16FN5O/c1-22-10-14(8-19-22)4-7-17(24)21-16-9-20-23(12-16)11-13-2-5-15(18)6-3-13/h2-10,12H,11H2,1H3,(H,21,24)/b7-4+. The molecule has 0 unspecified atom stereocenters. The zero-order valence-electron chi connectivity index (χ0n) is 13.1. The average molecular weight is 325 g/mol. The Hall–Kier alpha value is -3.22. The molecular weight excluding hydrogens is 309 g/mol. The maximum atomic E-state index is 12.9. The predicted octanol–water partition coefficient (Wildman–Crippen LogP) is 2.46. The van der Waals surface area contributed by atoms with Crippen LogP contribution in [0.4, 0.5) is 10.1 Å². The Labute approximate surface area is 138 Å².